The summed E-state index contributed by atoms with van der Waals surface area (Å²) in [5, 5.41) is 2.57. The number of benzene rings is 7. The van der Waals surface area contributed by atoms with E-state index in [9.17, 15) is 0 Å². The molecule has 10 rings (SSSR count). The van der Waals surface area contributed by atoms with Crippen molar-refractivity contribution < 1.29 is 0 Å². The maximum absolute atomic E-state index is 2.42. The zero-order chi connectivity index (χ0) is 35.5. The highest BCUT2D eigenvalue weighted by molar-refractivity contribution is 6.11. The van der Waals surface area contributed by atoms with Gasteiger partial charge in [-0.3, -0.25) is 0 Å². The Morgan fingerprint density at radius 2 is 1.08 bits per heavy atom. The fraction of sp³-hybridized carbons (Fsp3) is 0.0980. The first-order chi connectivity index (χ1) is 26.0. The van der Waals surface area contributed by atoms with Gasteiger partial charge < -0.3 is 9.47 Å². The summed E-state index contributed by atoms with van der Waals surface area (Å²) >= 11 is 0. The summed E-state index contributed by atoms with van der Waals surface area (Å²) in [4.78, 5) is 2.40. The van der Waals surface area contributed by atoms with E-state index < -0.39 is 0 Å². The number of aromatic nitrogens is 1. The van der Waals surface area contributed by atoms with Crippen LogP contribution in [0, 0.1) is 0 Å². The third-order valence-electron chi connectivity index (χ3n) is 11.4. The minimum Gasteiger partial charge on any atom is -0.310 e. The van der Waals surface area contributed by atoms with E-state index in [0.717, 1.165) is 29.9 Å². The molecule has 1 heterocycles. The van der Waals surface area contributed by atoms with E-state index in [4.69, 9.17) is 0 Å². The molecule has 0 saturated carbocycles. The van der Waals surface area contributed by atoms with Gasteiger partial charge in [-0.1, -0.05) is 135 Å². The van der Waals surface area contributed by atoms with Crippen molar-refractivity contribution in [1.29, 1.82) is 0 Å². The molecule has 0 radical (unpaired) electrons. The normalized spacial score (nSPS) is 14.3. The zero-order valence-corrected chi connectivity index (χ0v) is 30.1. The average molecular weight is 681 g/mol. The van der Waals surface area contributed by atoms with Crippen LogP contribution in [0.5, 0.6) is 0 Å². The van der Waals surface area contributed by atoms with Crippen LogP contribution in [-0.2, 0) is 5.41 Å². The SMILES string of the molecule is CC1(C)c2ccccc2-c2ccc(N(c3ccc(-c4ccccc4)cc3)c3ccc(-c4ccc5c(c4)c4ccccc4n5C4=CCCC=C4)cc3)cc21. The zero-order valence-electron chi connectivity index (χ0n) is 30.1. The largest absolute Gasteiger partial charge is 0.310 e. The first kappa shape index (κ1) is 31.4. The van der Waals surface area contributed by atoms with Crippen LogP contribution in [0.4, 0.5) is 17.1 Å². The van der Waals surface area contributed by atoms with Crippen LogP contribution in [0.3, 0.4) is 0 Å². The molecule has 2 heteroatoms. The summed E-state index contributed by atoms with van der Waals surface area (Å²) in [5.74, 6) is 0. The molecule has 0 N–H and O–H groups in total. The molecule has 0 fully saturated rings. The predicted molar refractivity (Wildman–Crippen MR) is 225 cm³/mol. The van der Waals surface area contributed by atoms with Gasteiger partial charge in [0, 0.05) is 38.9 Å². The lowest BCUT2D eigenvalue weighted by Gasteiger charge is -2.28. The van der Waals surface area contributed by atoms with Gasteiger partial charge in [-0.05, 0) is 118 Å². The van der Waals surface area contributed by atoms with Crippen molar-refractivity contribution in [3.05, 3.63) is 193 Å². The van der Waals surface area contributed by atoms with Gasteiger partial charge in [0.2, 0.25) is 0 Å². The van der Waals surface area contributed by atoms with Gasteiger partial charge in [-0.15, -0.1) is 0 Å². The number of rotatable bonds is 6. The molecule has 0 amide bonds. The van der Waals surface area contributed by atoms with E-state index in [1.165, 1.54) is 72.0 Å². The molecule has 2 aliphatic carbocycles. The minimum atomic E-state index is -0.0831. The molecule has 2 aliphatic rings. The lowest BCUT2D eigenvalue weighted by Crippen LogP contribution is -2.16. The van der Waals surface area contributed by atoms with Crippen molar-refractivity contribution in [3.8, 4) is 33.4 Å². The number of nitrogens with zero attached hydrogens (tertiary/aromatic N) is 2. The van der Waals surface area contributed by atoms with Crippen molar-refractivity contribution in [2.24, 2.45) is 0 Å². The number of fused-ring (bicyclic) bond motifs is 6. The standard InChI is InChI=1S/C51H40N2/c1-51(2)47-19-11-9-17-43(47)44-31-30-42(34-48(44)51)52(40-26-21-36(22-27-40)35-13-5-3-6-14-35)41-28-23-37(24-29-41)38-25-32-50-46(33-38)45-18-10-12-20-49(45)53(50)39-15-7-4-8-16-39/h3,5-7,9-34H,4,8H2,1-2H3. The Hall–Kier alpha value is -6.38. The number of hydrogen-bond donors (Lipinski definition) is 0. The van der Waals surface area contributed by atoms with Crippen molar-refractivity contribution in [2.75, 3.05) is 4.90 Å². The predicted octanol–water partition coefficient (Wildman–Crippen LogP) is 14.1. The van der Waals surface area contributed by atoms with Gasteiger partial charge in [0.25, 0.3) is 0 Å². The first-order valence-electron chi connectivity index (χ1n) is 18.8. The van der Waals surface area contributed by atoms with Gasteiger partial charge in [0.15, 0.2) is 0 Å². The lowest BCUT2D eigenvalue weighted by molar-refractivity contribution is 0.660. The number of para-hydroxylation sites is 1. The monoisotopic (exact) mass is 680 g/mol. The molecule has 1 aromatic heterocycles. The number of hydrogen-bond acceptors (Lipinski definition) is 1. The van der Waals surface area contributed by atoms with Gasteiger partial charge in [0.05, 0.1) is 11.0 Å². The van der Waals surface area contributed by atoms with E-state index in [2.05, 4.69) is 205 Å². The molecule has 0 spiro atoms. The van der Waals surface area contributed by atoms with Crippen LogP contribution in [-0.4, -0.2) is 4.57 Å². The second-order valence-electron chi connectivity index (χ2n) is 14.9. The van der Waals surface area contributed by atoms with Crippen molar-refractivity contribution in [2.45, 2.75) is 32.1 Å². The summed E-state index contributed by atoms with van der Waals surface area (Å²) in [6.07, 6.45) is 9.10. The van der Waals surface area contributed by atoms with E-state index >= 15 is 0 Å². The van der Waals surface area contributed by atoms with Crippen LogP contribution in [0.15, 0.2) is 182 Å². The van der Waals surface area contributed by atoms with Crippen molar-refractivity contribution >= 4 is 44.6 Å². The quantitative estimate of drug-likeness (QED) is 0.170. The van der Waals surface area contributed by atoms with Crippen LogP contribution in [0.25, 0.3) is 60.9 Å². The van der Waals surface area contributed by atoms with Gasteiger partial charge >= 0.3 is 0 Å². The smallest absolute Gasteiger partial charge is 0.0541 e. The highest BCUT2D eigenvalue weighted by atomic mass is 15.1. The minimum absolute atomic E-state index is 0.0831. The van der Waals surface area contributed by atoms with Crippen molar-refractivity contribution in [1.82, 2.24) is 4.57 Å². The lowest BCUT2D eigenvalue weighted by atomic mass is 9.82. The van der Waals surface area contributed by atoms with Crippen molar-refractivity contribution in [3.63, 3.8) is 0 Å². The molecular formula is C51H40N2. The molecule has 7 aromatic carbocycles. The topological polar surface area (TPSA) is 8.17 Å². The number of allylic oxidation sites excluding steroid dienone is 4. The Morgan fingerprint density at radius 1 is 0.472 bits per heavy atom. The summed E-state index contributed by atoms with van der Waals surface area (Å²) < 4.78 is 2.42. The molecule has 0 unspecified atom stereocenters. The van der Waals surface area contributed by atoms with Crippen LogP contribution in [0.1, 0.15) is 37.8 Å². The Balaban J connectivity index is 1.06. The van der Waals surface area contributed by atoms with E-state index in [1.54, 1.807) is 0 Å². The van der Waals surface area contributed by atoms with E-state index in [-0.39, 0.29) is 5.41 Å². The Bertz CT molecular complexity index is 2720. The molecule has 0 atom stereocenters. The Kier molecular flexibility index (Phi) is 7.33. The van der Waals surface area contributed by atoms with Crippen LogP contribution in [0.2, 0.25) is 0 Å². The maximum atomic E-state index is 2.42. The summed E-state index contributed by atoms with van der Waals surface area (Å²) in [5.41, 5.74) is 17.4. The maximum Gasteiger partial charge on any atom is 0.0541 e. The Morgan fingerprint density at radius 3 is 1.83 bits per heavy atom. The third-order valence-corrected chi connectivity index (χ3v) is 11.4. The molecule has 8 aromatic rings. The van der Waals surface area contributed by atoms with Crippen LogP contribution < -0.4 is 4.90 Å². The molecule has 0 bridgehead atoms. The molecule has 254 valence electrons. The van der Waals surface area contributed by atoms with Gasteiger partial charge in [0.1, 0.15) is 0 Å². The van der Waals surface area contributed by atoms with E-state index in [1.807, 2.05) is 0 Å². The first-order valence-corrected chi connectivity index (χ1v) is 18.8. The fourth-order valence-electron chi connectivity index (χ4n) is 8.71. The van der Waals surface area contributed by atoms with Crippen LogP contribution >= 0.6 is 0 Å². The fourth-order valence-corrected chi connectivity index (χ4v) is 8.71. The highest BCUT2D eigenvalue weighted by Crippen LogP contribution is 2.50. The molecular weight excluding hydrogens is 641 g/mol. The molecule has 53 heavy (non-hydrogen) atoms. The molecule has 2 nitrogen and oxygen atoms in total. The highest BCUT2D eigenvalue weighted by Gasteiger charge is 2.35. The van der Waals surface area contributed by atoms with Gasteiger partial charge in [-0.25, -0.2) is 0 Å². The second-order valence-corrected chi connectivity index (χ2v) is 14.9. The van der Waals surface area contributed by atoms with E-state index in [0.29, 0.717) is 0 Å². The second kappa shape index (κ2) is 12.4. The summed E-state index contributed by atoms with van der Waals surface area (Å²) in [6.45, 7) is 4.71. The summed E-state index contributed by atoms with van der Waals surface area (Å²) in [7, 11) is 0. The Labute approximate surface area is 311 Å². The summed E-state index contributed by atoms with van der Waals surface area (Å²) in [6, 6.07) is 60.3. The third kappa shape index (κ3) is 5.17. The average Bonchev–Trinajstić information content (AvgIpc) is 3.67. The number of anilines is 3. The van der Waals surface area contributed by atoms with Gasteiger partial charge in [-0.2, -0.15) is 0 Å². The molecule has 0 saturated heterocycles. The molecule has 0 aliphatic heterocycles.